The van der Waals surface area contributed by atoms with Crippen LogP contribution in [-0.4, -0.2) is 30.3 Å². The summed E-state index contributed by atoms with van der Waals surface area (Å²) >= 11 is 0. The van der Waals surface area contributed by atoms with E-state index in [2.05, 4.69) is 9.28 Å². The molecule has 1 unspecified atom stereocenters. The Bertz CT molecular complexity index is 1260. The van der Waals surface area contributed by atoms with Crippen LogP contribution in [0.5, 0.6) is 5.75 Å². The highest BCUT2D eigenvalue weighted by atomic mass is 32.2. The Kier molecular flexibility index (Phi) is 5.32. The van der Waals surface area contributed by atoms with E-state index < -0.39 is 39.2 Å². The zero-order valence-electron chi connectivity index (χ0n) is 16.2. The van der Waals surface area contributed by atoms with Gasteiger partial charge in [0.2, 0.25) is 0 Å². The molecule has 1 aliphatic rings. The summed E-state index contributed by atoms with van der Waals surface area (Å²) in [5.74, 6) is -2.91. The fourth-order valence-electron chi connectivity index (χ4n) is 3.78. The maximum absolute atomic E-state index is 14.7. The van der Waals surface area contributed by atoms with Crippen molar-refractivity contribution < 1.29 is 39.3 Å². The Balaban J connectivity index is 2.08. The van der Waals surface area contributed by atoms with Gasteiger partial charge in [0.1, 0.15) is 11.6 Å². The van der Waals surface area contributed by atoms with Crippen LogP contribution in [-0.2, 0) is 21.3 Å². The molecule has 12 heteroatoms. The molecule has 31 heavy (non-hydrogen) atoms. The monoisotopic (exact) mass is 464 g/mol. The largest absolute Gasteiger partial charge is 0.534 e. The number of fused-ring (bicyclic) bond motifs is 2. The van der Waals surface area contributed by atoms with Gasteiger partial charge in [0, 0.05) is 23.4 Å². The number of aryl methyl sites for hydroxylation is 1. The van der Waals surface area contributed by atoms with E-state index in [9.17, 15) is 30.4 Å². The number of aromatic nitrogens is 2. The van der Waals surface area contributed by atoms with Crippen molar-refractivity contribution in [2.24, 2.45) is 0 Å². The van der Waals surface area contributed by atoms with Crippen LogP contribution in [0.25, 0.3) is 21.7 Å². The van der Waals surface area contributed by atoms with Crippen molar-refractivity contribution >= 4 is 31.8 Å². The van der Waals surface area contributed by atoms with Crippen LogP contribution in [0.1, 0.15) is 38.0 Å². The van der Waals surface area contributed by atoms with Crippen LogP contribution < -0.4 is 4.18 Å². The van der Waals surface area contributed by atoms with Crippen LogP contribution in [0.15, 0.2) is 18.3 Å². The standard InChI is InChI=1S/C19H17F5N2O4S/c1-2-10-13(20)8-14(21)11-7-15-12(9-25-26(15)16-5-3-4-6-29-16)18(17(10)11)30-31(27,28)19(22,23)24/h7-9,16H,2-6H2,1H3. The molecular formula is C19H17F5N2O4S. The second kappa shape index (κ2) is 7.59. The molecule has 2 aromatic carbocycles. The number of ether oxygens (including phenoxy) is 1. The summed E-state index contributed by atoms with van der Waals surface area (Å²) in [7, 11) is -6.11. The smallest absolute Gasteiger partial charge is 0.375 e. The van der Waals surface area contributed by atoms with E-state index in [-0.39, 0.29) is 33.7 Å². The molecule has 0 saturated carbocycles. The molecule has 1 saturated heterocycles. The molecule has 0 N–H and O–H groups in total. The lowest BCUT2D eigenvalue weighted by Crippen LogP contribution is -2.28. The number of hydrogen-bond acceptors (Lipinski definition) is 5. The molecular weight excluding hydrogens is 447 g/mol. The molecule has 4 rings (SSSR count). The number of halogens is 5. The zero-order valence-corrected chi connectivity index (χ0v) is 17.0. The van der Waals surface area contributed by atoms with E-state index in [1.165, 1.54) is 17.7 Å². The SMILES string of the molecule is CCc1c(F)cc(F)c2cc3c(cnn3C3CCCCO3)c(OS(=O)(=O)C(F)(F)F)c12. The van der Waals surface area contributed by atoms with E-state index in [1.54, 1.807) is 0 Å². The molecule has 0 amide bonds. The maximum Gasteiger partial charge on any atom is 0.534 e. The van der Waals surface area contributed by atoms with E-state index in [4.69, 9.17) is 4.74 Å². The van der Waals surface area contributed by atoms with Crippen molar-refractivity contribution in [3.63, 3.8) is 0 Å². The normalized spacial score (nSPS) is 18.1. The van der Waals surface area contributed by atoms with Crippen molar-refractivity contribution in [1.82, 2.24) is 9.78 Å². The molecule has 0 aliphatic carbocycles. The molecule has 168 valence electrons. The Morgan fingerprint density at radius 3 is 2.55 bits per heavy atom. The fourth-order valence-corrected chi connectivity index (χ4v) is 4.26. The fraction of sp³-hybridized carbons (Fsp3) is 0.421. The highest BCUT2D eigenvalue weighted by Gasteiger charge is 2.49. The lowest BCUT2D eigenvalue weighted by molar-refractivity contribution is -0.0499. The molecule has 3 aromatic rings. The van der Waals surface area contributed by atoms with Gasteiger partial charge in [-0.05, 0) is 37.3 Å². The first-order chi connectivity index (χ1) is 14.5. The summed E-state index contributed by atoms with van der Waals surface area (Å²) in [6, 6.07) is 1.89. The average Bonchev–Trinajstić information content (AvgIpc) is 3.12. The minimum atomic E-state index is -6.11. The second-order valence-corrected chi connectivity index (χ2v) is 8.66. The zero-order chi connectivity index (χ0) is 22.6. The number of alkyl halides is 3. The molecule has 1 fully saturated rings. The number of nitrogens with zero attached hydrogens (tertiary/aromatic N) is 2. The molecule has 0 bridgehead atoms. The minimum Gasteiger partial charge on any atom is -0.375 e. The van der Waals surface area contributed by atoms with E-state index in [0.29, 0.717) is 19.1 Å². The molecule has 2 heterocycles. The van der Waals surface area contributed by atoms with Gasteiger partial charge in [0.25, 0.3) is 0 Å². The van der Waals surface area contributed by atoms with Crippen molar-refractivity contribution in [3.05, 3.63) is 35.5 Å². The average molecular weight is 464 g/mol. The molecule has 0 radical (unpaired) electrons. The Morgan fingerprint density at radius 1 is 1.19 bits per heavy atom. The van der Waals surface area contributed by atoms with Gasteiger partial charge in [-0.25, -0.2) is 13.5 Å². The lowest BCUT2D eigenvalue weighted by atomic mass is 9.98. The maximum atomic E-state index is 14.7. The number of rotatable bonds is 4. The quantitative estimate of drug-likeness (QED) is 0.310. The lowest BCUT2D eigenvalue weighted by Gasteiger charge is -2.24. The third kappa shape index (κ3) is 3.61. The molecule has 1 atom stereocenters. The predicted octanol–water partition coefficient (Wildman–Crippen LogP) is 4.96. The summed E-state index contributed by atoms with van der Waals surface area (Å²) in [6.07, 6.45) is 2.69. The Labute approximate surface area is 173 Å². The highest BCUT2D eigenvalue weighted by Crippen LogP contribution is 2.42. The minimum absolute atomic E-state index is 0.0452. The van der Waals surface area contributed by atoms with Gasteiger partial charge in [0.15, 0.2) is 12.0 Å². The van der Waals surface area contributed by atoms with Crippen LogP contribution in [0.3, 0.4) is 0 Å². The van der Waals surface area contributed by atoms with Gasteiger partial charge >= 0.3 is 15.6 Å². The van der Waals surface area contributed by atoms with Gasteiger partial charge in [-0.1, -0.05) is 6.92 Å². The van der Waals surface area contributed by atoms with Gasteiger partial charge in [-0.15, -0.1) is 0 Å². The Hall–Kier alpha value is -2.47. The van der Waals surface area contributed by atoms with Gasteiger partial charge in [-0.3, -0.25) is 0 Å². The third-order valence-corrected chi connectivity index (χ3v) is 6.17. The van der Waals surface area contributed by atoms with Crippen LogP contribution in [0, 0.1) is 11.6 Å². The van der Waals surface area contributed by atoms with Crippen molar-refractivity contribution in [3.8, 4) is 5.75 Å². The van der Waals surface area contributed by atoms with Crippen molar-refractivity contribution in [2.45, 2.75) is 44.3 Å². The van der Waals surface area contributed by atoms with Gasteiger partial charge in [-0.2, -0.15) is 26.7 Å². The number of benzene rings is 2. The van der Waals surface area contributed by atoms with Gasteiger partial charge < -0.3 is 8.92 Å². The molecule has 0 spiro atoms. The van der Waals surface area contributed by atoms with Crippen LogP contribution in [0.2, 0.25) is 0 Å². The summed E-state index contributed by atoms with van der Waals surface area (Å²) in [5, 5.41) is 3.32. The first kappa shape index (κ1) is 21.8. The molecule has 6 nitrogen and oxygen atoms in total. The number of hydrogen-bond donors (Lipinski definition) is 0. The summed E-state index contributed by atoms with van der Waals surface area (Å²) in [4.78, 5) is 0. The summed E-state index contributed by atoms with van der Waals surface area (Å²) in [5.41, 5.74) is -5.80. The molecule has 1 aliphatic heterocycles. The predicted molar refractivity (Wildman–Crippen MR) is 101 cm³/mol. The van der Waals surface area contributed by atoms with Crippen LogP contribution in [0.4, 0.5) is 22.0 Å². The van der Waals surface area contributed by atoms with E-state index in [1.807, 2.05) is 0 Å². The topological polar surface area (TPSA) is 70.4 Å². The second-order valence-electron chi connectivity index (χ2n) is 7.13. The highest BCUT2D eigenvalue weighted by molar-refractivity contribution is 7.88. The summed E-state index contributed by atoms with van der Waals surface area (Å²) < 4.78 is 103. The summed E-state index contributed by atoms with van der Waals surface area (Å²) in [6.45, 7) is 1.94. The van der Waals surface area contributed by atoms with E-state index >= 15 is 0 Å². The third-order valence-electron chi connectivity index (χ3n) is 5.22. The first-order valence-electron chi connectivity index (χ1n) is 9.48. The van der Waals surface area contributed by atoms with E-state index in [0.717, 1.165) is 19.0 Å². The molecule has 1 aromatic heterocycles. The van der Waals surface area contributed by atoms with Crippen molar-refractivity contribution in [2.75, 3.05) is 6.61 Å². The Morgan fingerprint density at radius 2 is 1.94 bits per heavy atom. The first-order valence-corrected chi connectivity index (χ1v) is 10.9. The van der Waals surface area contributed by atoms with Crippen LogP contribution >= 0.6 is 0 Å². The van der Waals surface area contributed by atoms with Gasteiger partial charge in [0.05, 0.1) is 17.1 Å². The van der Waals surface area contributed by atoms with Crippen molar-refractivity contribution in [1.29, 1.82) is 0 Å².